The largest absolute Gasteiger partial charge is 0.341 e. The minimum atomic E-state index is -4.55. The van der Waals surface area contributed by atoms with Gasteiger partial charge in [-0.15, -0.1) is 21.5 Å². The predicted octanol–water partition coefficient (Wildman–Crippen LogP) is 3.87. The van der Waals surface area contributed by atoms with Crippen molar-refractivity contribution in [2.24, 2.45) is 0 Å². The number of nitrogens with zero attached hydrogens (tertiary/aromatic N) is 3. The van der Waals surface area contributed by atoms with Crippen molar-refractivity contribution >= 4 is 32.9 Å². The van der Waals surface area contributed by atoms with E-state index in [0.29, 0.717) is 5.75 Å². The summed E-state index contributed by atoms with van der Waals surface area (Å²) in [7, 11) is -4.55. The quantitative estimate of drug-likeness (QED) is 0.523. The highest BCUT2D eigenvalue weighted by Crippen LogP contribution is 2.24. The van der Waals surface area contributed by atoms with Gasteiger partial charge in [0.1, 0.15) is 6.33 Å². The fraction of sp³-hybridized carbons (Fsp3) is 0.250. The maximum Gasteiger partial charge on any atom is 0.341 e. The number of rotatable bonds is 8. The molecule has 26 heavy (non-hydrogen) atoms. The Morgan fingerprint density at radius 1 is 1.19 bits per heavy atom. The van der Waals surface area contributed by atoms with Gasteiger partial charge in [-0.05, 0) is 35.6 Å². The molecular formula is C16H15F2N3O2S3. The predicted molar refractivity (Wildman–Crippen MR) is 97.2 cm³/mol. The zero-order chi connectivity index (χ0) is 18.6. The van der Waals surface area contributed by atoms with Gasteiger partial charge in [0.15, 0.2) is 5.16 Å². The van der Waals surface area contributed by atoms with Crippen molar-refractivity contribution < 1.29 is 17.2 Å². The molecule has 0 spiro atoms. The third kappa shape index (κ3) is 4.49. The first-order valence-corrected chi connectivity index (χ1v) is 11.0. The third-order valence-electron chi connectivity index (χ3n) is 3.61. The number of sulfone groups is 1. The molecule has 5 nitrogen and oxygen atoms in total. The summed E-state index contributed by atoms with van der Waals surface area (Å²) in [6, 6.07) is 9.58. The van der Waals surface area contributed by atoms with Crippen molar-refractivity contribution in [2.45, 2.75) is 34.5 Å². The molecule has 0 fully saturated rings. The van der Waals surface area contributed by atoms with Crippen LogP contribution in [0.15, 0.2) is 58.2 Å². The molecule has 0 aliphatic carbocycles. The lowest BCUT2D eigenvalue weighted by Gasteiger charge is -2.07. The number of hydrogen-bond acceptors (Lipinski definition) is 6. The zero-order valence-electron chi connectivity index (χ0n) is 13.5. The highest BCUT2D eigenvalue weighted by Gasteiger charge is 2.26. The lowest BCUT2D eigenvalue weighted by Crippen LogP contribution is -2.11. The summed E-state index contributed by atoms with van der Waals surface area (Å²) >= 11 is 3.16. The Morgan fingerprint density at radius 2 is 1.96 bits per heavy atom. The van der Waals surface area contributed by atoms with Crippen LogP contribution in [0.4, 0.5) is 8.78 Å². The number of alkyl halides is 2. The molecule has 0 saturated carbocycles. The second kappa shape index (κ2) is 8.28. The summed E-state index contributed by atoms with van der Waals surface area (Å²) in [5.41, 5.74) is 0.816. The fourth-order valence-electron chi connectivity index (χ4n) is 2.22. The summed E-state index contributed by atoms with van der Waals surface area (Å²) in [4.78, 5) is 0.908. The molecule has 0 N–H and O–H groups in total. The highest BCUT2D eigenvalue weighted by molar-refractivity contribution is 7.98. The van der Waals surface area contributed by atoms with E-state index in [1.165, 1.54) is 40.9 Å². The number of aromatic nitrogens is 3. The van der Waals surface area contributed by atoms with E-state index in [1.807, 2.05) is 16.0 Å². The number of benzene rings is 1. The topological polar surface area (TPSA) is 64.8 Å². The molecule has 10 heteroatoms. The highest BCUT2D eigenvalue weighted by atomic mass is 32.2. The molecule has 0 unspecified atom stereocenters. The van der Waals surface area contributed by atoms with Gasteiger partial charge in [0.05, 0.1) is 4.90 Å². The van der Waals surface area contributed by atoms with E-state index in [-0.39, 0.29) is 4.90 Å². The van der Waals surface area contributed by atoms with Crippen molar-refractivity contribution in [1.82, 2.24) is 14.8 Å². The minimum Gasteiger partial charge on any atom is -0.308 e. The van der Waals surface area contributed by atoms with Crippen LogP contribution in [0, 0.1) is 0 Å². The molecule has 0 radical (unpaired) electrons. The van der Waals surface area contributed by atoms with Crippen LogP contribution < -0.4 is 0 Å². The molecule has 0 atom stereocenters. The van der Waals surface area contributed by atoms with Gasteiger partial charge in [-0.1, -0.05) is 30.0 Å². The molecule has 0 aliphatic rings. The fourth-order valence-corrected chi connectivity index (χ4v) is 4.54. The summed E-state index contributed by atoms with van der Waals surface area (Å²) in [6.07, 6.45) is 2.57. The summed E-state index contributed by atoms with van der Waals surface area (Å²) in [5.74, 6) is -2.88. The number of thiophene rings is 1. The number of halogens is 2. The van der Waals surface area contributed by atoms with Gasteiger partial charge < -0.3 is 4.57 Å². The lowest BCUT2D eigenvalue weighted by atomic mass is 10.2. The van der Waals surface area contributed by atoms with Crippen molar-refractivity contribution in [3.63, 3.8) is 0 Å². The molecule has 3 aromatic rings. The van der Waals surface area contributed by atoms with Gasteiger partial charge in [-0.3, -0.25) is 0 Å². The molecular weight excluding hydrogens is 400 g/mol. The second-order valence-corrected chi connectivity index (χ2v) is 9.27. The van der Waals surface area contributed by atoms with Crippen LogP contribution >= 0.6 is 23.1 Å². The maximum atomic E-state index is 12.5. The van der Waals surface area contributed by atoms with E-state index in [9.17, 15) is 17.2 Å². The van der Waals surface area contributed by atoms with E-state index in [4.69, 9.17) is 0 Å². The van der Waals surface area contributed by atoms with Crippen LogP contribution in [0.3, 0.4) is 0 Å². The van der Waals surface area contributed by atoms with Crippen LogP contribution in [-0.2, 0) is 28.6 Å². The van der Waals surface area contributed by atoms with E-state index in [0.717, 1.165) is 23.7 Å². The average Bonchev–Trinajstić information content (AvgIpc) is 3.30. The molecule has 0 bridgehead atoms. The summed E-state index contributed by atoms with van der Waals surface area (Å²) in [6.45, 7) is 0.765. The third-order valence-corrected chi connectivity index (χ3v) is 7.00. The smallest absolute Gasteiger partial charge is 0.308 e. The molecule has 0 saturated heterocycles. The Kier molecular flexibility index (Phi) is 6.05. The first kappa shape index (κ1) is 19.0. The van der Waals surface area contributed by atoms with Crippen LogP contribution in [0.5, 0.6) is 0 Å². The van der Waals surface area contributed by atoms with Gasteiger partial charge in [0, 0.05) is 17.2 Å². The van der Waals surface area contributed by atoms with Gasteiger partial charge in [0.2, 0.25) is 9.84 Å². The normalized spacial score (nSPS) is 12.0. The Hall–Kier alpha value is -1.78. The van der Waals surface area contributed by atoms with Crippen LogP contribution in [0.25, 0.3) is 0 Å². The van der Waals surface area contributed by atoms with E-state index in [1.54, 1.807) is 17.7 Å². The Labute approximate surface area is 158 Å². The van der Waals surface area contributed by atoms with Crippen LogP contribution in [-0.4, -0.2) is 28.9 Å². The standard InChI is InChI=1S/C16H15F2N3O2S3/c17-15(18)26(22,23)14-5-3-12(4-6-14)10-25-16-20-19-11-21(16)8-7-13-2-1-9-24-13/h1-6,9,11,15H,7-8,10H2. The van der Waals surface area contributed by atoms with Gasteiger partial charge >= 0.3 is 5.76 Å². The van der Waals surface area contributed by atoms with Crippen molar-refractivity contribution in [1.29, 1.82) is 0 Å². The van der Waals surface area contributed by atoms with Gasteiger partial charge in [-0.2, -0.15) is 8.78 Å². The summed E-state index contributed by atoms with van der Waals surface area (Å²) in [5, 5.41) is 10.8. The molecule has 0 aliphatic heterocycles. The van der Waals surface area contributed by atoms with E-state index < -0.39 is 15.6 Å². The minimum absolute atomic E-state index is 0.375. The molecule has 1 aromatic carbocycles. The average molecular weight is 416 g/mol. The summed E-state index contributed by atoms with van der Waals surface area (Å²) < 4.78 is 49.9. The molecule has 138 valence electrons. The van der Waals surface area contributed by atoms with E-state index in [2.05, 4.69) is 16.3 Å². The Balaban J connectivity index is 1.60. The Bertz CT molecular complexity index is 940. The van der Waals surface area contributed by atoms with Crippen molar-refractivity contribution in [3.05, 3.63) is 58.5 Å². The molecule has 3 rings (SSSR count). The SMILES string of the molecule is O=S(=O)(c1ccc(CSc2nncn2CCc2cccs2)cc1)C(F)F. The maximum absolute atomic E-state index is 12.5. The van der Waals surface area contributed by atoms with Crippen molar-refractivity contribution in [2.75, 3.05) is 0 Å². The lowest BCUT2D eigenvalue weighted by molar-refractivity contribution is 0.234. The number of aryl methyl sites for hydroxylation is 2. The van der Waals surface area contributed by atoms with E-state index >= 15 is 0 Å². The number of hydrogen-bond donors (Lipinski definition) is 0. The van der Waals surface area contributed by atoms with Gasteiger partial charge in [-0.25, -0.2) is 8.42 Å². The Morgan fingerprint density at radius 3 is 2.62 bits per heavy atom. The van der Waals surface area contributed by atoms with Crippen molar-refractivity contribution in [3.8, 4) is 0 Å². The van der Waals surface area contributed by atoms with Crippen LogP contribution in [0.2, 0.25) is 0 Å². The van der Waals surface area contributed by atoms with Crippen LogP contribution in [0.1, 0.15) is 10.4 Å². The molecule has 2 heterocycles. The first-order chi connectivity index (χ1) is 12.5. The molecule has 0 amide bonds. The number of thioether (sulfide) groups is 1. The second-order valence-electron chi connectivity index (χ2n) is 5.37. The van der Waals surface area contributed by atoms with Gasteiger partial charge in [0.25, 0.3) is 0 Å². The zero-order valence-corrected chi connectivity index (χ0v) is 15.9. The monoisotopic (exact) mass is 415 g/mol. The molecule has 2 aromatic heterocycles. The first-order valence-electron chi connectivity index (χ1n) is 7.61.